The molecule has 2 aliphatic heterocycles. The summed E-state index contributed by atoms with van der Waals surface area (Å²) in [5.41, 5.74) is 1.67. The average Bonchev–Trinajstić information content (AvgIpc) is 3.76. The minimum Gasteiger partial charge on any atom is -0.457 e. The van der Waals surface area contributed by atoms with Gasteiger partial charge in [0, 0.05) is 37.3 Å². The number of hydrogen-bond donors (Lipinski definition) is 1. The van der Waals surface area contributed by atoms with Crippen molar-refractivity contribution in [2.24, 2.45) is 11.8 Å². The van der Waals surface area contributed by atoms with E-state index in [1.165, 1.54) is 17.7 Å². The van der Waals surface area contributed by atoms with E-state index in [2.05, 4.69) is 4.90 Å². The van der Waals surface area contributed by atoms with Gasteiger partial charge >= 0.3 is 6.18 Å². The van der Waals surface area contributed by atoms with E-state index < -0.39 is 22.4 Å². The third-order valence-corrected chi connectivity index (χ3v) is 8.86. The Morgan fingerprint density at radius 3 is 2.26 bits per heavy atom. The minimum absolute atomic E-state index is 0.115. The summed E-state index contributed by atoms with van der Waals surface area (Å²) < 4.78 is 66.9. The molecule has 0 aromatic heterocycles. The van der Waals surface area contributed by atoms with E-state index in [1.54, 1.807) is 0 Å². The zero-order valence-electron chi connectivity index (χ0n) is 21.9. The second-order valence-corrected chi connectivity index (χ2v) is 12.0. The van der Waals surface area contributed by atoms with Crippen molar-refractivity contribution in [2.45, 2.75) is 57.2 Å². The zero-order chi connectivity index (χ0) is 27.6. The fourth-order valence-corrected chi connectivity index (χ4v) is 6.45. The number of likely N-dealkylation sites (tertiary alicyclic amines) is 1. The van der Waals surface area contributed by atoms with Gasteiger partial charge in [0.25, 0.3) is 0 Å². The lowest BCUT2D eigenvalue weighted by atomic mass is 9.79. The third kappa shape index (κ3) is 6.95. The highest BCUT2D eigenvalue weighted by molar-refractivity contribution is 7.72. The van der Waals surface area contributed by atoms with Crippen LogP contribution in [-0.2, 0) is 28.1 Å². The number of carbonyl (C=O) groups is 1. The molecule has 0 radical (unpaired) electrons. The summed E-state index contributed by atoms with van der Waals surface area (Å²) in [7, 11) is -2.38. The summed E-state index contributed by atoms with van der Waals surface area (Å²) in [6.45, 7) is 3.16. The predicted octanol–water partition coefficient (Wildman–Crippen LogP) is 5.44. The second-order valence-electron chi connectivity index (χ2n) is 10.9. The number of unbranched alkanes of at least 4 members (excludes halogenated alkanes) is 1. The summed E-state index contributed by atoms with van der Waals surface area (Å²) >= 11 is 0. The Labute approximate surface area is 229 Å². The lowest BCUT2D eigenvalue weighted by molar-refractivity contribution is -0.137. The highest BCUT2D eigenvalue weighted by Crippen LogP contribution is 2.43. The second kappa shape index (κ2) is 11.9. The molecule has 2 aromatic carbocycles. The molecular weight excluding hydrogens is 529 g/mol. The molecular formula is C29H35F3N2O4S. The summed E-state index contributed by atoms with van der Waals surface area (Å²) in [5, 5.41) is 0. The van der Waals surface area contributed by atoms with Crippen LogP contribution in [0.2, 0.25) is 0 Å². The summed E-state index contributed by atoms with van der Waals surface area (Å²) in [6, 6.07) is 10.7. The number of carbonyl (C=O) groups excluding carboxylic acids is 1. The number of fused-ring (bicyclic) bond motifs is 1. The number of benzene rings is 2. The van der Waals surface area contributed by atoms with Crippen LogP contribution in [0.1, 0.15) is 61.3 Å². The molecule has 0 spiro atoms. The van der Waals surface area contributed by atoms with Crippen LogP contribution >= 0.6 is 0 Å². The number of rotatable bonds is 9. The van der Waals surface area contributed by atoms with Crippen LogP contribution in [0.4, 0.5) is 13.2 Å². The Bertz CT molecular complexity index is 1230. The van der Waals surface area contributed by atoms with Gasteiger partial charge in [0.05, 0.1) is 5.56 Å². The van der Waals surface area contributed by atoms with E-state index >= 15 is 0 Å². The first-order chi connectivity index (χ1) is 18.7. The molecule has 212 valence electrons. The Kier molecular flexibility index (Phi) is 8.52. The molecule has 6 nitrogen and oxygen atoms in total. The fraction of sp³-hybridized carbons (Fsp3) is 0.552. The van der Waals surface area contributed by atoms with Gasteiger partial charge in [-0.3, -0.25) is 9.69 Å². The monoisotopic (exact) mass is 564 g/mol. The van der Waals surface area contributed by atoms with E-state index in [9.17, 15) is 26.4 Å². The van der Waals surface area contributed by atoms with Gasteiger partial charge in [0.15, 0.2) is 0 Å². The van der Waals surface area contributed by atoms with Gasteiger partial charge in [0.1, 0.15) is 22.2 Å². The molecule has 2 heterocycles. The molecule has 1 unspecified atom stereocenters. The topological polar surface area (TPSA) is 66.9 Å². The van der Waals surface area contributed by atoms with Gasteiger partial charge in [-0.15, -0.1) is 0 Å². The van der Waals surface area contributed by atoms with Crippen LogP contribution in [-0.4, -0.2) is 56.1 Å². The van der Waals surface area contributed by atoms with Crippen molar-refractivity contribution in [2.75, 3.05) is 31.9 Å². The Morgan fingerprint density at radius 1 is 0.923 bits per heavy atom. The number of amides is 1. The molecule has 1 amide bonds. The van der Waals surface area contributed by atoms with Crippen LogP contribution < -0.4 is 4.74 Å². The normalized spacial score (nSPS) is 20.7. The van der Waals surface area contributed by atoms with Gasteiger partial charge < -0.3 is 9.64 Å². The van der Waals surface area contributed by atoms with Crippen LogP contribution in [0, 0.1) is 11.8 Å². The zero-order valence-corrected chi connectivity index (χ0v) is 22.8. The van der Waals surface area contributed by atoms with Gasteiger partial charge in [0.2, 0.25) is 5.91 Å². The number of hydrogen-bond acceptors (Lipinski definition) is 5. The predicted molar refractivity (Wildman–Crippen MR) is 142 cm³/mol. The summed E-state index contributed by atoms with van der Waals surface area (Å²) in [4.78, 5) is 17.1. The SMILES string of the molecule is O=C(C1CC1)N1CCC(C2c3cc(Oc4ccc(C(F)(F)F)cc4)ccc3CCN2CCCC[SH](=O)=O)CC1. The van der Waals surface area contributed by atoms with Crippen molar-refractivity contribution in [1.82, 2.24) is 9.80 Å². The van der Waals surface area contributed by atoms with Crippen LogP contribution in [0.3, 0.4) is 0 Å². The van der Waals surface area contributed by atoms with Gasteiger partial charge in [-0.25, -0.2) is 8.42 Å². The van der Waals surface area contributed by atoms with Gasteiger partial charge in [-0.2, -0.15) is 13.2 Å². The average molecular weight is 565 g/mol. The molecule has 39 heavy (non-hydrogen) atoms. The molecule has 1 aliphatic carbocycles. The van der Waals surface area contributed by atoms with Gasteiger partial charge in [-0.1, -0.05) is 6.07 Å². The van der Waals surface area contributed by atoms with E-state index in [4.69, 9.17) is 4.74 Å². The minimum atomic E-state index is -4.40. The van der Waals surface area contributed by atoms with E-state index in [0.717, 1.165) is 82.4 Å². The quantitative estimate of drug-likeness (QED) is 0.325. The molecule has 1 saturated carbocycles. The third-order valence-electron chi connectivity index (χ3n) is 8.18. The maximum atomic E-state index is 13.0. The number of piperidine rings is 1. The van der Waals surface area contributed by atoms with Crippen molar-refractivity contribution in [3.63, 3.8) is 0 Å². The Morgan fingerprint density at radius 2 is 1.62 bits per heavy atom. The molecule has 5 rings (SSSR count). The van der Waals surface area contributed by atoms with Crippen molar-refractivity contribution < 1.29 is 31.1 Å². The lowest BCUT2D eigenvalue weighted by Crippen LogP contribution is -2.45. The van der Waals surface area contributed by atoms with Crippen molar-refractivity contribution in [3.05, 3.63) is 59.2 Å². The van der Waals surface area contributed by atoms with E-state index in [1.807, 2.05) is 23.1 Å². The molecule has 0 bridgehead atoms. The van der Waals surface area contributed by atoms with Crippen molar-refractivity contribution in [3.8, 4) is 11.5 Å². The number of nitrogens with zero attached hydrogens (tertiary/aromatic N) is 2. The van der Waals surface area contributed by atoms with Crippen molar-refractivity contribution in [1.29, 1.82) is 0 Å². The first-order valence-corrected chi connectivity index (χ1v) is 15.2. The lowest BCUT2D eigenvalue weighted by Gasteiger charge is -2.45. The van der Waals surface area contributed by atoms with Crippen LogP contribution in [0.15, 0.2) is 42.5 Å². The number of ether oxygens (including phenoxy) is 1. The van der Waals surface area contributed by atoms with Crippen LogP contribution in [0.5, 0.6) is 11.5 Å². The maximum absolute atomic E-state index is 13.0. The number of halogens is 3. The number of thiol groups is 1. The van der Waals surface area contributed by atoms with E-state index in [0.29, 0.717) is 23.8 Å². The highest BCUT2D eigenvalue weighted by Gasteiger charge is 2.39. The molecule has 3 aliphatic rings. The van der Waals surface area contributed by atoms with Crippen LogP contribution in [0.25, 0.3) is 0 Å². The Hall–Kier alpha value is -2.59. The number of alkyl halides is 3. The molecule has 2 aromatic rings. The molecule has 1 atom stereocenters. The standard InChI is InChI=1S/C29H35F3N2O4S/c30-29(31,32)23-6-9-24(10-7-23)38-25-8-5-20-11-15-33(14-1-2-18-39(36)37)27(26(20)19-25)21-12-16-34(17-13-21)28(35)22-3-4-22/h5-10,19,21-22,27,39H,1-4,11-18H2. The largest absolute Gasteiger partial charge is 0.457 e. The maximum Gasteiger partial charge on any atom is 0.416 e. The summed E-state index contributed by atoms with van der Waals surface area (Å²) in [6.07, 6.45) is 1.67. The molecule has 10 heteroatoms. The smallest absolute Gasteiger partial charge is 0.416 e. The first-order valence-electron chi connectivity index (χ1n) is 13.8. The van der Waals surface area contributed by atoms with Gasteiger partial charge in [-0.05, 0) is 105 Å². The first kappa shape index (κ1) is 28.0. The fourth-order valence-electron chi connectivity index (χ4n) is 5.97. The molecule has 0 N–H and O–H groups in total. The molecule has 2 fully saturated rings. The van der Waals surface area contributed by atoms with E-state index in [-0.39, 0.29) is 23.6 Å². The summed E-state index contributed by atoms with van der Waals surface area (Å²) in [5.74, 6) is 1.94. The van der Waals surface area contributed by atoms with Crippen molar-refractivity contribution >= 4 is 16.6 Å². The highest BCUT2D eigenvalue weighted by atomic mass is 32.2. The molecule has 1 saturated heterocycles. The Balaban J connectivity index is 1.34.